The maximum absolute atomic E-state index is 14.4. The van der Waals surface area contributed by atoms with Crippen LogP contribution in [0.15, 0.2) is 78.4 Å². The van der Waals surface area contributed by atoms with Crippen LogP contribution >= 0.6 is 23.2 Å². The lowest BCUT2D eigenvalue weighted by Gasteiger charge is -2.50. The molecule has 3 aromatic carbocycles. The standard InChI is InChI=1S/C33H26BCl2FN2O8/c1-47-20-9-10-22(25(40)14-20)27-21-11-12-23-26(29(42)38(28(23)41)19-4-2-3-16(13-19)34(45)46)24(21)15-32(35)30(43)39(31(44)33(27,32)36)18-7-5-17(37)6-8-18/h2-11,13-14,23-24,26-27,40,45-46H,12,15H2,1H3/t23-,24+,26-,27+,32+,33-/m0/s1. The van der Waals surface area contributed by atoms with Crippen molar-refractivity contribution in [3.8, 4) is 11.5 Å². The Kier molecular flexibility index (Phi) is 7.29. The molecule has 6 atom stereocenters. The molecule has 47 heavy (non-hydrogen) atoms. The fourth-order valence-electron chi connectivity index (χ4n) is 7.72. The van der Waals surface area contributed by atoms with Gasteiger partial charge < -0.3 is 19.9 Å². The van der Waals surface area contributed by atoms with E-state index in [0.29, 0.717) is 11.3 Å². The van der Waals surface area contributed by atoms with Gasteiger partial charge in [0.15, 0.2) is 9.75 Å². The number of alkyl halides is 2. The lowest BCUT2D eigenvalue weighted by molar-refractivity contribution is -0.125. The number of phenols is 1. The molecule has 10 nitrogen and oxygen atoms in total. The highest BCUT2D eigenvalue weighted by atomic mass is 35.5. The Hall–Kier alpha value is -4.23. The first-order valence-electron chi connectivity index (χ1n) is 14.8. The minimum absolute atomic E-state index is 0.0348. The number of benzene rings is 3. The van der Waals surface area contributed by atoms with Crippen LogP contribution in [0, 0.1) is 23.6 Å². The Morgan fingerprint density at radius 2 is 1.62 bits per heavy atom. The number of phenolic OH excluding ortho intramolecular Hbond substituents is 1. The van der Waals surface area contributed by atoms with Gasteiger partial charge in [-0.15, -0.1) is 23.2 Å². The van der Waals surface area contributed by atoms with E-state index in [1.165, 1.54) is 55.6 Å². The van der Waals surface area contributed by atoms with Crippen LogP contribution < -0.4 is 20.0 Å². The van der Waals surface area contributed by atoms with Crippen LogP contribution in [-0.2, 0) is 19.2 Å². The van der Waals surface area contributed by atoms with Gasteiger partial charge in [-0.25, -0.2) is 9.29 Å². The first-order chi connectivity index (χ1) is 22.3. The van der Waals surface area contributed by atoms with Crippen molar-refractivity contribution < 1.29 is 43.5 Å². The maximum atomic E-state index is 14.4. The summed E-state index contributed by atoms with van der Waals surface area (Å²) in [5, 5.41) is 30.7. The number of allylic oxidation sites excluding steroid dienone is 2. The summed E-state index contributed by atoms with van der Waals surface area (Å²) in [4.78, 5) is 54.2. The second-order valence-corrected chi connectivity index (χ2v) is 13.4. The van der Waals surface area contributed by atoms with Gasteiger partial charge in [0.2, 0.25) is 11.8 Å². The fraction of sp³-hybridized carbons (Fsp3) is 0.273. The number of fused-ring (bicyclic) bond motifs is 4. The highest BCUT2D eigenvalue weighted by Gasteiger charge is 2.77. The van der Waals surface area contributed by atoms with Gasteiger partial charge in [-0.3, -0.25) is 24.1 Å². The van der Waals surface area contributed by atoms with Crippen molar-refractivity contribution >= 4 is 70.8 Å². The average Bonchev–Trinajstić information content (AvgIpc) is 3.39. The SMILES string of the molecule is COc1ccc([C@H]2C3=CC[C@@H]4C(=O)N(c5cccc(B(O)O)c5)C(=O)[C@@H]4[C@@H]3C[C@@]3(Cl)C(=O)N(c4ccc(F)cc4)C(=O)[C@@]23Cl)c(O)c1. The van der Waals surface area contributed by atoms with Crippen LogP contribution in [0.25, 0.3) is 0 Å². The molecule has 1 saturated carbocycles. The number of hydrogen-bond donors (Lipinski definition) is 3. The number of nitrogens with zero attached hydrogens (tertiary/aromatic N) is 2. The number of imide groups is 2. The molecule has 2 aliphatic carbocycles. The molecule has 3 fully saturated rings. The number of rotatable bonds is 5. The average molecular weight is 679 g/mol. The normalized spacial score (nSPS) is 29.8. The number of carbonyl (C=O) groups excluding carboxylic acids is 4. The van der Waals surface area contributed by atoms with Crippen LogP contribution in [0.4, 0.5) is 15.8 Å². The van der Waals surface area contributed by atoms with E-state index in [1.54, 1.807) is 12.1 Å². The zero-order valence-corrected chi connectivity index (χ0v) is 26.2. The van der Waals surface area contributed by atoms with Crippen molar-refractivity contribution in [3.63, 3.8) is 0 Å². The number of anilines is 2. The van der Waals surface area contributed by atoms with Crippen LogP contribution in [0.5, 0.6) is 11.5 Å². The summed E-state index contributed by atoms with van der Waals surface area (Å²) in [6, 6.07) is 14.8. The summed E-state index contributed by atoms with van der Waals surface area (Å²) in [7, 11) is -0.426. The highest BCUT2D eigenvalue weighted by molar-refractivity contribution is 6.59. The molecule has 2 saturated heterocycles. The highest BCUT2D eigenvalue weighted by Crippen LogP contribution is 2.66. The molecule has 0 radical (unpaired) electrons. The lowest BCUT2D eigenvalue weighted by Crippen LogP contribution is -2.60. The second kappa shape index (κ2) is 10.9. The topological polar surface area (TPSA) is 145 Å². The van der Waals surface area contributed by atoms with Crippen molar-refractivity contribution in [2.75, 3.05) is 16.9 Å². The predicted octanol–water partition coefficient (Wildman–Crippen LogP) is 2.99. The first kappa shape index (κ1) is 31.4. The van der Waals surface area contributed by atoms with E-state index in [1.807, 2.05) is 0 Å². The number of amides is 4. The molecule has 0 unspecified atom stereocenters. The molecule has 240 valence electrons. The van der Waals surface area contributed by atoms with Gasteiger partial charge in [-0.05, 0) is 66.7 Å². The van der Waals surface area contributed by atoms with Gasteiger partial charge in [0.1, 0.15) is 17.3 Å². The Balaban J connectivity index is 1.39. The van der Waals surface area contributed by atoms with Crippen molar-refractivity contribution in [1.82, 2.24) is 0 Å². The summed E-state index contributed by atoms with van der Waals surface area (Å²) < 4.78 is 19.1. The second-order valence-electron chi connectivity index (χ2n) is 12.2. The van der Waals surface area contributed by atoms with Crippen LogP contribution in [0.3, 0.4) is 0 Å². The molecule has 0 spiro atoms. The number of halogens is 3. The van der Waals surface area contributed by atoms with Gasteiger partial charge in [0, 0.05) is 17.5 Å². The zero-order valence-electron chi connectivity index (χ0n) is 24.6. The molecular weight excluding hydrogens is 653 g/mol. The van der Waals surface area contributed by atoms with E-state index in [9.17, 15) is 38.7 Å². The van der Waals surface area contributed by atoms with E-state index in [-0.39, 0.29) is 41.0 Å². The van der Waals surface area contributed by atoms with Crippen molar-refractivity contribution in [1.29, 1.82) is 0 Å². The summed E-state index contributed by atoms with van der Waals surface area (Å²) in [6.45, 7) is 0. The number of hydrogen-bond acceptors (Lipinski definition) is 8. The van der Waals surface area contributed by atoms with Crippen LogP contribution in [0.1, 0.15) is 24.3 Å². The summed E-state index contributed by atoms with van der Waals surface area (Å²) in [6.07, 6.45) is 1.50. The molecular formula is C33H26BCl2FN2O8. The van der Waals surface area contributed by atoms with E-state index >= 15 is 0 Å². The van der Waals surface area contributed by atoms with Crippen LogP contribution in [-0.4, -0.2) is 62.8 Å². The van der Waals surface area contributed by atoms with Crippen molar-refractivity contribution in [3.05, 3.63) is 89.8 Å². The Morgan fingerprint density at radius 3 is 2.28 bits per heavy atom. The molecule has 3 N–H and O–H groups in total. The first-order valence-corrected chi connectivity index (χ1v) is 15.5. The number of aromatic hydroxyl groups is 1. The number of carbonyl (C=O) groups is 4. The van der Waals surface area contributed by atoms with E-state index in [4.69, 9.17) is 27.9 Å². The van der Waals surface area contributed by atoms with Gasteiger partial charge in [-0.2, -0.15) is 0 Å². The Bertz CT molecular complexity index is 1910. The maximum Gasteiger partial charge on any atom is 0.488 e. The van der Waals surface area contributed by atoms with E-state index < -0.39 is 70.0 Å². The minimum atomic E-state index is -2.21. The molecule has 14 heteroatoms. The van der Waals surface area contributed by atoms with Crippen molar-refractivity contribution in [2.45, 2.75) is 28.5 Å². The molecule has 0 aromatic heterocycles. The Labute approximate surface area is 278 Å². The van der Waals surface area contributed by atoms with E-state index in [0.717, 1.165) is 21.9 Å². The van der Waals surface area contributed by atoms with Gasteiger partial charge in [0.05, 0.1) is 30.3 Å². The summed E-state index contributed by atoms with van der Waals surface area (Å²) in [5.41, 5.74) is 0.867. The number of methoxy groups -OCH3 is 1. The molecule has 7 rings (SSSR count). The molecule has 2 aliphatic heterocycles. The van der Waals surface area contributed by atoms with Gasteiger partial charge >= 0.3 is 7.12 Å². The monoisotopic (exact) mass is 678 g/mol. The largest absolute Gasteiger partial charge is 0.508 e. The van der Waals surface area contributed by atoms with Gasteiger partial charge in [0.25, 0.3) is 11.8 Å². The molecule has 4 aliphatic rings. The summed E-state index contributed by atoms with van der Waals surface area (Å²) >= 11 is 14.6. The third-order valence-electron chi connectivity index (χ3n) is 9.87. The lowest BCUT2D eigenvalue weighted by atomic mass is 9.56. The predicted molar refractivity (Wildman–Crippen MR) is 170 cm³/mol. The quantitative estimate of drug-likeness (QED) is 0.162. The third kappa shape index (κ3) is 4.31. The minimum Gasteiger partial charge on any atom is -0.508 e. The molecule has 0 bridgehead atoms. The van der Waals surface area contributed by atoms with Gasteiger partial charge in [-0.1, -0.05) is 29.8 Å². The zero-order chi connectivity index (χ0) is 33.6. The molecule has 4 amide bonds. The fourth-order valence-corrected chi connectivity index (χ4v) is 8.64. The third-order valence-corrected chi connectivity index (χ3v) is 11.3. The summed E-state index contributed by atoms with van der Waals surface area (Å²) in [5.74, 6) is -7.45. The smallest absolute Gasteiger partial charge is 0.488 e. The number of ether oxygens (including phenoxy) is 1. The Morgan fingerprint density at radius 1 is 0.894 bits per heavy atom. The van der Waals surface area contributed by atoms with E-state index in [2.05, 4.69) is 0 Å². The molecule has 3 aromatic rings. The van der Waals surface area contributed by atoms with Crippen LogP contribution in [0.2, 0.25) is 0 Å². The molecule has 2 heterocycles. The van der Waals surface area contributed by atoms with Crippen molar-refractivity contribution in [2.24, 2.45) is 17.8 Å².